The van der Waals surface area contributed by atoms with Gasteiger partial charge in [0.2, 0.25) is 0 Å². The molecule has 0 aliphatic heterocycles. The highest BCUT2D eigenvalue weighted by Crippen LogP contribution is 2.25. The van der Waals surface area contributed by atoms with E-state index in [1.165, 1.54) is 0 Å². The monoisotopic (exact) mass is 386 g/mol. The van der Waals surface area contributed by atoms with E-state index < -0.39 is 11.9 Å². The Bertz CT molecular complexity index is 1120. The maximum Gasteiger partial charge on any atom is 0.311 e. The number of hydrogen-bond donors (Lipinski definition) is 2. The summed E-state index contributed by atoms with van der Waals surface area (Å²) in [5, 5.41) is 17.4. The zero-order valence-electron chi connectivity index (χ0n) is 16.1. The van der Waals surface area contributed by atoms with E-state index in [0.717, 1.165) is 40.4 Å². The van der Waals surface area contributed by atoms with Crippen LogP contribution in [0.1, 0.15) is 29.7 Å². The quantitative estimate of drug-likeness (QED) is 0.491. The van der Waals surface area contributed by atoms with Gasteiger partial charge in [-0.1, -0.05) is 49.4 Å². The Kier molecular flexibility index (Phi) is 5.24. The second-order valence-corrected chi connectivity index (χ2v) is 6.92. The van der Waals surface area contributed by atoms with Crippen molar-refractivity contribution in [2.45, 2.75) is 25.7 Å². The second kappa shape index (κ2) is 8.14. The molecule has 0 saturated carbocycles. The van der Waals surface area contributed by atoms with E-state index in [-0.39, 0.29) is 0 Å². The predicted octanol–water partition coefficient (Wildman–Crippen LogP) is 4.45. The molecule has 4 aromatic rings. The summed E-state index contributed by atoms with van der Waals surface area (Å²) in [5.41, 5.74) is 4.41. The standard InChI is InChI=1S/C23H22N4O2/c1-2-18-15-22(27-21(25-18)12-13-24-27)26-19-10-8-17(9-11-19)20(23(28)29)14-16-6-4-3-5-7-16/h3-13,15,20,26H,2,14H2,1H3,(H,28,29). The van der Waals surface area contributed by atoms with Gasteiger partial charge in [-0.3, -0.25) is 4.79 Å². The fraction of sp³-hybridized carbons (Fsp3) is 0.174. The van der Waals surface area contributed by atoms with Gasteiger partial charge in [0.25, 0.3) is 0 Å². The van der Waals surface area contributed by atoms with E-state index in [2.05, 4.69) is 22.3 Å². The van der Waals surface area contributed by atoms with Crippen LogP contribution in [0.5, 0.6) is 0 Å². The number of aryl methyl sites for hydroxylation is 1. The van der Waals surface area contributed by atoms with Crippen molar-refractivity contribution in [2.24, 2.45) is 0 Å². The fourth-order valence-corrected chi connectivity index (χ4v) is 3.38. The van der Waals surface area contributed by atoms with Gasteiger partial charge in [0.15, 0.2) is 5.65 Å². The molecule has 1 unspecified atom stereocenters. The average Bonchev–Trinajstić information content (AvgIpc) is 3.22. The van der Waals surface area contributed by atoms with Crippen LogP contribution >= 0.6 is 0 Å². The van der Waals surface area contributed by atoms with Crippen molar-refractivity contribution in [3.05, 3.63) is 89.7 Å². The number of fused-ring (bicyclic) bond motifs is 1. The Balaban J connectivity index is 1.57. The zero-order chi connectivity index (χ0) is 20.2. The summed E-state index contributed by atoms with van der Waals surface area (Å²) in [5.74, 6) is -0.588. The fourth-order valence-electron chi connectivity index (χ4n) is 3.38. The van der Waals surface area contributed by atoms with Gasteiger partial charge in [0.05, 0.1) is 12.1 Å². The molecule has 0 aliphatic rings. The molecule has 2 heterocycles. The van der Waals surface area contributed by atoms with Crippen molar-refractivity contribution in [1.82, 2.24) is 14.6 Å². The molecular formula is C23H22N4O2. The number of anilines is 2. The Morgan fingerprint density at radius 3 is 2.55 bits per heavy atom. The lowest BCUT2D eigenvalue weighted by atomic mass is 9.92. The summed E-state index contributed by atoms with van der Waals surface area (Å²) in [4.78, 5) is 16.4. The van der Waals surface area contributed by atoms with Crippen LogP contribution in [0.4, 0.5) is 11.5 Å². The highest BCUT2D eigenvalue weighted by atomic mass is 16.4. The molecule has 0 bridgehead atoms. The van der Waals surface area contributed by atoms with Gasteiger partial charge in [-0.15, -0.1) is 0 Å². The second-order valence-electron chi connectivity index (χ2n) is 6.92. The molecule has 0 aliphatic carbocycles. The predicted molar refractivity (Wildman–Crippen MR) is 113 cm³/mol. The SMILES string of the molecule is CCc1cc(Nc2ccc(C(Cc3ccccc3)C(=O)O)cc2)n2nccc2n1. The van der Waals surface area contributed by atoms with Gasteiger partial charge in [-0.25, -0.2) is 4.98 Å². The molecule has 6 nitrogen and oxygen atoms in total. The number of nitrogens with zero attached hydrogens (tertiary/aromatic N) is 3. The van der Waals surface area contributed by atoms with E-state index in [4.69, 9.17) is 0 Å². The molecule has 146 valence electrons. The van der Waals surface area contributed by atoms with Crippen LogP contribution in [0.3, 0.4) is 0 Å². The van der Waals surface area contributed by atoms with Gasteiger partial charge >= 0.3 is 5.97 Å². The van der Waals surface area contributed by atoms with Crippen molar-refractivity contribution in [2.75, 3.05) is 5.32 Å². The zero-order valence-corrected chi connectivity index (χ0v) is 16.1. The summed E-state index contributed by atoms with van der Waals surface area (Å²) in [6, 6.07) is 21.1. The number of aromatic nitrogens is 3. The van der Waals surface area contributed by atoms with E-state index in [0.29, 0.717) is 6.42 Å². The number of carboxylic acids is 1. The lowest BCUT2D eigenvalue weighted by molar-refractivity contribution is -0.138. The van der Waals surface area contributed by atoms with Crippen molar-refractivity contribution >= 4 is 23.1 Å². The normalized spacial score (nSPS) is 12.0. The van der Waals surface area contributed by atoms with Crippen LogP contribution in [-0.4, -0.2) is 25.7 Å². The number of nitrogens with one attached hydrogen (secondary N) is 1. The lowest BCUT2D eigenvalue weighted by Crippen LogP contribution is -2.14. The number of carboxylic acid groups (broad SMARTS) is 1. The number of benzene rings is 2. The summed E-state index contributed by atoms with van der Waals surface area (Å²) in [6.07, 6.45) is 3.01. The van der Waals surface area contributed by atoms with Crippen LogP contribution in [0, 0.1) is 0 Å². The molecule has 1 atom stereocenters. The van der Waals surface area contributed by atoms with Gasteiger partial charge < -0.3 is 10.4 Å². The molecular weight excluding hydrogens is 364 g/mol. The molecule has 4 rings (SSSR count). The van der Waals surface area contributed by atoms with Crippen molar-refractivity contribution in [3.8, 4) is 0 Å². The van der Waals surface area contributed by atoms with Crippen LogP contribution in [0.15, 0.2) is 72.9 Å². The highest BCUT2D eigenvalue weighted by Gasteiger charge is 2.20. The maximum absolute atomic E-state index is 11.8. The van der Waals surface area contributed by atoms with Crippen LogP contribution in [0.25, 0.3) is 5.65 Å². The van der Waals surface area contributed by atoms with E-state index in [1.54, 1.807) is 10.7 Å². The molecule has 0 amide bonds. The molecule has 2 aromatic carbocycles. The van der Waals surface area contributed by atoms with Gasteiger partial charge in [-0.05, 0) is 36.1 Å². The number of hydrogen-bond acceptors (Lipinski definition) is 4. The summed E-state index contributed by atoms with van der Waals surface area (Å²) in [7, 11) is 0. The molecule has 29 heavy (non-hydrogen) atoms. The van der Waals surface area contributed by atoms with Crippen LogP contribution < -0.4 is 5.32 Å². The van der Waals surface area contributed by atoms with Gasteiger partial charge in [0, 0.05) is 23.5 Å². The molecule has 2 aromatic heterocycles. The number of rotatable bonds is 7. The third-order valence-corrected chi connectivity index (χ3v) is 4.94. The number of carbonyl (C=O) groups is 1. The maximum atomic E-state index is 11.8. The largest absolute Gasteiger partial charge is 0.481 e. The minimum atomic E-state index is -0.825. The third-order valence-electron chi connectivity index (χ3n) is 4.94. The minimum Gasteiger partial charge on any atom is -0.481 e. The number of aliphatic carboxylic acids is 1. The van der Waals surface area contributed by atoms with Crippen molar-refractivity contribution in [1.29, 1.82) is 0 Å². The Hall–Kier alpha value is -3.67. The smallest absolute Gasteiger partial charge is 0.311 e. The van der Waals surface area contributed by atoms with Crippen molar-refractivity contribution < 1.29 is 9.90 Å². The molecule has 0 fully saturated rings. The molecule has 6 heteroatoms. The molecule has 0 saturated heterocycles. The average molecular weight is 386 g/mol. The summed E-state index contributed by atoms with van der Waals surface area (Å²) in [6.45, 7) is 2.06. The van der Waals surface area contributed by atoms with Gasteiger partial charge in [0.1, 0.15) is 5.82 Å². The van der Waals surface area contributed by atoms with E-state index in [1.807, 2.05) is 66.7 Å². The van der Waals surface area contributed by atoms with E-state index in [9.17, 15) is 9.90 Å². The molecule has 2 N–H and O–H groups in total. The first-order valence-corrected chi connectivity index (χ1v) is 9.61. The topological polar surface area (TPSA) is 79.5 Å². The highest BCUT2D eigenvalue weighted by molar-refractivity contribution is 5.77. The Morgan fingerprint density at radius 1 is 1.10 bits per heavy atom. The third kappa shape index (κ3) is 4.11. The van der Waals surface area contributed by atoms with E-state index >= 15 is 0 Å². The van der Waals surface area contributed by atoms with Crippen LogP contribution in [-0.2, 0) is 17.6 Å². The first-order valence-electron chi connectivity index (χ1n) is 9.61. The van der Waals surface area contributed by atoms with Gasteiger partial charge in [-0.2, -0.15) is 9.61 Å². The summed E-state index contributed by atoms with van der Waals surface area (Å²) >= 11 is 0. The molecule has 0 spiro atoms. The first-order chi connectivity index (χ1) is 14.1. The molecule has 0 radical (unpaired) electrons. The van der Waals surface area contributed by atoms with Crippen molar-refractivity contribution in [3.63, 3.8) is 0 Å². The van der Waals surface area contributed by atoms with Crippen LogP contribution in [0.2, 0.25) is 0 Å². The Labute approximate surface area is 168 Å². The summed E-state index contributed by atoms with van der Waals surface area (Å²) < 4.78 is 1.75. The first kappa shape index (κ1) is 18.7. The Morgan fingerprint density at radius 2 is 1.86 bits per heavy atom. The minimum absolute atomic E-state index is 0.459. The lowest BCUT2D eigenvalue weighted by Gasteiger charge is -2.15.